The highest BCUT2D eigenvalue weighted by Gasteiger charge is 2.42. The molecule has 0 bridgehead atoms. The van der Waals surface area contributed by atoms with Gasteiger partial charge in [-0.05, 0) is 72.9 Å². The monoisotopic (exact) mass is 495 g/mol. The van der Waals surface area contributed by atoms with Crippen LogP contribution in [0.25, 0.3) is 11.0 Å². The van der Waals surface area contributed by atoms with Gasteiger partial charge in [0.15, 0.2) is 5.43 Å². The summed E-state index contributed by atoms with van der Waals surface area (Å²) in [5, 5.41) is 0.497. The van der Waals surface area contributed by atoms with Gasteiger partial charge < -0.3 is 18.8 Å². The molecule has 1 unspecified atom stereocenters. The molecule has 0 fully saturated rings. The Morgan fingerprint density at radius 2 is 1.70 bits per heavy atom. The van der Waals surface area contributed by atoms with Crippen molar-refractivity contribution in [2.24, 2.45) is 0 Å². The number of carbonyl (C=O) groups excluding carboxylic acids is 1. The summed E-state index contributed by atoms with van der Waals surface area (Å²) in [5.41, 5.74) is 4.37. The number of fused-ring (bicyclic) bond motifs is 2. The van der Waals surface area contributed by atoms with E-state index in [2.05, 4.69) is 6.58 Å². The van der Waals surface area contributed by atoms with Crippen LogP contribution in [0.3, 0.4) is 0 Å². The molecule has 188 valence electrons. The van der Waals surface area contributed by atoms with Gasteiger partial charge >= 0.3 is 0 Å². The van der Waals surface area contributed by atoms with E-state index in [-0.39, 0.29) is 17.1 Å². The van der Waals surface area contributed by atoms with Crippen molar-refractivity contribution >= 4 is 16.9 Å². The molecule has 6 nitrogen and oxygen atoms in total. The maximum atomic E-state index is 13.9. The van der Waals surface area contributed by atoms with Gasteiger partial charge in [0.2, 0.25) is 5.76 Å². The lowest BCUT2D eigenvalue weighted by Gasteiger charge is -2.25. The van der Waals surface area contributed by atoms with E-state index in [0.29, 0.717) is 41.9 Å². The summed E-state index contributed by atoms with van der Waals surface area (Å²) in [5.74, 6) is 1.31. The highest BCUT2D eigenvalue weighted by molar-refractivity contribution is 5.99. The molecule has 0 spiro atoms. The number of hydrogen-bond acceptors (Lipinski definition) is 5. The van der Waals surface area contributed by atoms with E-state index in [4.69, 9.17) is 13.9 Å². The predicted octanol–water partition coefficient (Wildman–Crippen LogP) is 5.77. The molecular weight excluding hydrogens is 466 g/mol. The summed E-state index contributed by atoms with van der Waals surface area (Å²) in [6.07, 6.45) is 2.30. The molecule has 1 atom stereocenters. The standard InChI is InChI=1S/C31H29NO5/c1-5-16-36-24-12-8-22(9-13-24)27-26-28(33)25-18-19(2)17-20(3)29(25)37-30(26)31(34)32(27)15-14-21-6-10-23(35-4)11-7-21/h5-13,17-18,27H,1,14-16H2,2-4H3. The smallest absolute Gasteiger partial charge is 0.290 e. The fourth-order valence-corrected chi connectivity index (χ4v) is 4.99. The number of benzene rings is 3. The molecule has 1 aromatic heterocycles. The third-order valence-electron chi connectivity index (χ3n) is 6.76. The van der Waals surface area contributed by atoms with Crippen molar-refractivity contribution < 1.29 is 18.7 Å². The van der Waals surface area contributed by atoms with E-state index in [1.807, 2.05) is 74.5 Å². The van der Waals surface area contributed by atoms with Crippen molar-refractivity contribution in [2.45, 2.75) is 26.3 Å². The summed E-state index contributed by atoms with van der Waals surface area (Å²) in [6.45, 7) is 8.34. The zero-order chi connectivity index (χ0) is 26.1. The van der Waals surface area contributed by atoms with E-state index in [1.54, 1.807) is 18.1 Å². The Kier molecular flexibility index (Phi) is 6.57. The lowest BCUT2D eigenvalue weighted by Crippen LogP contribution is -2.31. The van der Waals surface area contributed by atoms with Crippen molar-refractivity contribution in [1.29, 1.82) is 0 Å². The van der Waals surface area contributed by atoms with E-state index in [0.717, 1.165) is 28.0 Å². The quantitative estimate of drug-likeness (QED) is 0.290. The van der Waals surface area contributed by atoms with E-state index in [9.17, 15) is 9.59 Å². The molecule has 1 amide bonds. The second kappa shape index (κ2) is 9.97. The Morgan fingerprint density at radius 3 is 2.38 bits per heavy atom. The van der Waals surface area contributed by atoms with Gasteiger partial charge in [-0.25, -0.2) is 0 Å². The summed E-state index contributed by atoms with van der Waals surface area (Å²) < 4.78 is 17.1. The Hall–Kier alpha value is -4.32. The Labute approximate surface area is 215 Å². The summed E-state index contributed by atoms with van der Waals surface area (Å²) in [7, 11) is 1.63. The van der Waals surface area contributed by atoms with Crippen LogP contribution >= 0.6 is 0 Å². The van der Waals surface area contributed by atoms with Gasteiger partial charge in [-0.2, -0.15) is 0 Å². The molecule has 6 heteroatoms. The summed E-state index contributed by atoms with van der Waals surface area (Å²) in [6, 6.07) is 18.5. The minimum atomic E-state index is -0.560. The van der Waals surface area contributed by atoms with Gasteiger partial charge in [-0.3, -0.25) is 9.59 Å². The average molecular weight is 496 g/mol. The van der Waals surface area contributed by atoms with Crippen LogP contribution < -0.4 is 14.9 Å². The fourth-order valence-electron chi connectivity index (χ4n) is 4.99. The zero-order valence-corrected chi connectivity index (χ0v) is 21.2. The van der Waals surface area contributed by atoms with Crippen LogP contribution in [0.5, 0.6) is 11.5 Å². The van der Waals surface area contributed by atoms with Crippen molar-refractivity contribution in [2.75, 3.05) is 20.3 Å². The topological polar surface area (TPSA) is 69.0 Å². The van der Waals surface area contributed by atoms with Crippen LogP contribution in [0.1, 0.15) is 44.4 Å². The maximum absolute atomic E-state index is 13.9. The number of rotatable bonds is 8. The van der Waals surface area contributed by atoms with E-state index in [1.165, 1.54) is 0 Å². The van der Waals surface area contributed by atoms with Crippen LogP contribution in [-0.4, -0.2) is 31.1 Å². The van der Waals surface area contributed by atoms with Gasteiger partial charge in [-0.1, -0.05) is 43.0 Å². The molecule has 1 aliphatic heterocycles. The fraction of sp³-hybridized carbons (Fsp3) is 0.226. The Bertz CT molecular complexity index is 1530. The number of aryl methyl sites for hydroxylation is 2. The SMILES string of the molecule is C=CCOc1ccc(C2c3c(oc4c(C)cc(C)cc4c3=O)C(=O)N2CCc2ccc(OC)cc2)cc1. The number of nitrogens with zero attached hydrogens (tertiary/aromatic N) is 1. The molecule has 0 radical (unpaired) electrons. The second-order valence-corrected chi connectivity index (χ2v) is 9.30. The molecule has 5 rings (SSSR count). The lowest BCUT2D eigenvalue weighted by atomic mass is 9.97. The van der Waals surface area contributed by atoms with Crippen molar-refractivity contribution in [3.8, 4) is 11.5 Å². The molecule has 0 saturated carbocycles. The number of ether oxygens (including phenoxy) is 2. The number of carbonyl (C=O) groups is 1. The van der Waals surface area contributed by atoms with Crippen molar-refractivity contribution in [3.05, 3.63) is 117 Å². The van der Waals surface area contributed by atoms with Crippen molar-refractivity contribution in [3.63, 3.8) is 0 Å². The normalized spacial score (nSPS) is 14.6. The third kappa shape index (κ3) is 4.51. The Morgan fingerprint density at radius 1 is 1.00 bits per heavy atom. The molecule has 3 aromatic carbocycles. The van der Waals surface area contributed by atoms with Gasteiger partial charge in [0.25, 0.3) is 5.91 Å². The summed E-state index contributed by atoms with van der Waals surface area (Å²) in [4.78, 5) is 29.3. The largest absolute Gasteiger partial charge is 0.497 e. The maximum Gasteiger partial charge on any atom is 0.290 e. The lowest BCUT2D eigenvalue weighted by molar-refractivity contribution is 0.0730. The van der Waals surface area contributed by atoms with Gasteiger partial charge in [0.1, 0.15) is 23.7 Å². The molecule has 0 aliphatic carbocycles. The van der Waals surface area contributed by atoms with Crippen molar-refractivity contribution in [1.82, 2.24) is 4.90 Å². The minimum Gasteiger partial charge on any atom is -0.497 e. The van der Waals surface area contributed by atoms with E-state index >= 15 is 0 Å². The van der Waals surface area contributed by atoms with E-state index < -0.39 is 6.04 Å². The molecule has 4 aromatic rings. The molecule has 0 N–H and O–H groups in total. The molecule has 37 heavy (non-hydrogen) atoms. The minimum absolute atomic E-state index is 0.121. The second-order valence-electron chi connectivity index (χ2n) is 9.30. The number of methoxy groups -OCH3 is 1. The summed E-state index contributed by atoms with van der Waals surface area (Å²) >= 11 is 0. The van der Waals surface area contributed by atoms with Crippen LogP contribution in [0.2, 0.25) is 0 Å². The Balaban J connectivity index is 1.59. The zero-order valence-electron chi connectivity index (χ0n) is 21.2. The highest BCUT2D eigenvalue weighted by Crippen LogP contribution is 2.39. The first-order valence-electron chi connectivity index (χ1n) is 12.3. The van der Waals surface area contributed by atoms with Crippen LogP contribution in [-0.2, 0) is 6.42 Å². The molecular formula is C31H29NO5. The highest BCUT2D eigenvalue weighted by atomic mass is 16.5. The predicted molar refractivity (Wildman–Crippen MR) is 144 cm³/mol. The van der Waals surface area contributed by atoms with Gasteiger partial charge in [-0.15, -0.1) is 0 Å². The first-order valence-corrected chi connectivity index (χ1v) is 12.3. The number of amides is 1. The van der Waals surface area contributed by atoms with Crippen LogP contribution in [0, 0.1) is 13.8 Å². The van der Waals surface area contributed by atoms with Gasteiger partial charge in [0, 0.05) is 6.54 Å². The first kappa shape index (κ1) is 24.4. The first-order chi connectivity index (χ1) is 17.9. The average Bonchev–Trinajstić information content (AvgIpc) is 3.19. The van der Waals surface area contributed by atoms with Crippen LogP contribution in [0.4, 0.5) is 0 Å². The third-order valence-corrected chi connectivity index (χ3v) is 6.76. The molecule has 1 aliphatic rings. The molecule has 2 heterocycles. The molecule has 0 saturated heterocycles. The van der Waals surface area contributed by atoms with Crippen LogP contribution in [0.15, 0.2) is 82.5 Å². The number of hydrogen-bond donors (Lipinski definition) is 0. The van der Waals surface area contributed by atoms with Gasteiger partial charge in [0.05, 0.1) is 24.1 Å².